The number of allylic oxidation sites excluding steroid dienone is 7. The minimum Gasteiger partial charge on any atom is -0.466 e. The lowest BCUT2D eigenvalue weighted by atomic mass is 10.0. The topological polar surface area (TPSA) is 95.9 Å². The van der Waals surface area contributed by atoms with E-state index >= 15 is 0 Å². The molecular formula is C57H105NO5. The van der Waals surface area contributed by atoms with Crippen LogP contribution in [0.3, 0.4) is 0 Å². The van der Waals surface area contributed by atoms with Gasteiger partial charge in [-0.05, 0) is 83.5 Å². The van der Waals surface area contributed by atoms with Gasteiger partial charge in [-0.25, -0.2) is 0 Å². The highest BCUT2D eigenvalue weighted by Gasteiger charge is 2.18. The summed E-state index contributed by atoms with van der Waals surface area (Å²) in [5, 5.41) is 22.9. The number of carbonyl (C=O) groups is 2. The summed E-state index contributed by atoms with van der Waals surface area (Å²) < 4.78 is 5.46. The number of hydrogen-bond donors (Lipinski definition) is 3. The van der Waals surface area contributed by atoms with Crippen molar-refractivity contribution in [1.82, 2.24) is 5.32 Å². The van der Waals surface area contributed by atoms with Gasteiger partial charge in [0.1, 0.15) is 0 Å². The standard InChI is InChI=1S/C57H105NO5/c1-3-5-7-9-11-13-15-27-31-35-39-43-47-51-57(62)63-52-48-44-40-36-32-29-26-24-22-20-18-16-17-19-21-23-25-28-30-34-38-42-46-50-56(61)58-54(53-59)55(60)49-45-41-37-33-14-12-10-8-6-4-2/h7,9,13,15,19,21,45,49,54-55,59-60H,3-6,8,10-12,14,16-18,20,22-44,46-48,50-53H2,1-2H3,(H,58,61)/b9-7-,15-13-,21-19-,49-45+. The number of esters is 1. The first kappa shape index (κ1) is 60.8. The van der Waals surface area contributed by atoms with Crippen LogP contribution < -0.4 is 5.32 Å². The number of unbranched alkanes of at least 4 members (excludes halogenated alkanes) is 33. The number of aliphatic hydroxyl groups is 2. The van der Waals surface area contributed by atoms with E-state index in [1.54, 1.807) is 6.08 Å². The maximum Gasteiger partial charge on any atom is 0.305 e. The molecule has 63 heavy (non-hydrogen) atoms. The monoisotopic (exact) mass is 884 g/mol. The summed E-state index contributed by atoms with van der Waals surface area (Å²) >= 11 is 0. The lowest BCUT2D eigenvalue weighted by Gasteiger charge is -2.20. The van der Waals surface area contributed by atoms with E-state index in [4.69, 9.17) is 4.74 Å². The first-order valence-corrected chi connectivity index (χ1v) is 27.4. The highest BCUT2D eigenvalue weighted by atomic mass is 16.5. The van der Waals surface area contributed by atoms with Crippen LogP contribution >= 0.6 is 0 Å². The van der Waals surface area contributed by atoms with Crippen molar-refractivity contribution in [2.45, 2.75) is 289 Å². The quantitative estimate of drug-likeness (QED) is 0.0321. The van der Waals surface area contributed by atoms with Gasteiger partial charge in [0, 0.05) is 12.8 Å². The molecule has 0 aromatic rings. The van der Waals surface area contributed by atoms with Gasteiger partial charge in [0.25, 0.3) is 0 Å². The largest absolute Gasteiger partial charge is 0.466 e. The fourth-order valence-electron chi connectivity index (χ4n) is 8.08. The molecule has 0 saturated heterocycles. The zero-order valence-electron chi connectivity index (χ0n) is 41.8. The molecule has 0 spiro atoms. The molecule has 0 aliphatic heterocycles. The SMILES string of the molecule is CCC/C=C\C/C=C\CCCCCCCC(=O)OCCCCCCCCCCCCCC/C=C\CCCCCCCCCC(=O)NC(CO)C(O)/C=C/CCCCCCCCCC. The Bertz CT molecular complexity index is 1070. The van der Waals surface area contributed by atoms with Gasteiger partial charge in [-0.2, -0.15) is 0 Å². The van der Waals surface area contributed by atoms with Crippen molar-refractivity contribution in [1.29, 1.82) is 0 Å². The fourth-order valence-corrected chi connectivity index (χ4v) is 8.08. The van der Waals surface area contributed by atoms with Crippen molar-refractivity contribution in [3.8, 4) is 0 Å². The molecule has 6 nitrogen and oxygen atoms in total. The Hall–Kier alpha value is -2.18. The van der Waals surface area contributed by atoms with Crippen molar-refractivity contribution in [2.75, 3.05) is 13.2 Å². The second-order valence-corrected chi connectivity index (χ2v) is 18.5. The molecule has 0 fully saturated rings. The summed E-state index contributed by atoms with van der Waals surface area (Å²) in [4.78, 5) is 24.4. The van der Waals surface area contributed by atoms with E-state index in [0.29, 0.717) is 19.4 Å². The maximum absolute atomic E-state index is 12.4. The van der Waals surface area contributed by atoms with Gasteiger partial charge in [-0.3, -0.25) is 9.59 Å². The number of ether oxygens (including phenoxy) is 1. The van der Waals surface area contributed by atoms with Crippen LogP contribution in [0, 0.1) is 0 Å². The van der Waals surface area contributed by atoms with Crippen molar-refractivity contribution >= 4 is 11.9 Å². The number of nitrogens with one attached hydrogen (secondary N) is 1. The Labute approximate surface area is 391 Å². The zero-order valence-corrected chi connectivity index (χ0v) is 41.8. The van der Waals surface area contributed by atoms with E-state index in [1.165, 1.54) is 193 Å². The summed E-state index contributed by atoms with van der Waals surface area (Å²) in [5.74, 6) is -0.0827. The lowest BCUT2D eigenvalue weighted by molar-refractivity contribution is -0.143. The second-order valence-electron chi connectivity index (χ2n) is 18.5. The minimum absolute atomic E-state index is 0.00534. The third kappa shape index (κ3) is 49.1. The fraction of sp³-hybridized carbons (Fsp3) is 0.825. The van der Waals surface area contributed by atoms with Crippen molar-refractivity contribution in [2.24, 2.45) is 0 Å². The maximum atomic E-state index is 12.4. The first-order chi connectivity index (χ1) is 31.0. The number of carbonyl (C=O) groups excluding carboxylic acids is 2. The van der Waals surface area contributed by atoms with Crippen molar-refractivity contribution in [3.05, 3.63) is 48.6 Å². The van der Waals surface area contributed by atoms with Gasteiger partial charge in [0.2, 0.25) is 5.91 Å². The van der Waals surface area contributed by atoms with Crippen LogP contribution in [0.15, 0.2) is 48.6 Å². The molecule has 2 atom stereocenters. The predicted octanol–water partition coefficient (Wildman–Crippen LogP) is 16.6. The average molecular weight is 884 g/mol. The summed E-state index contributed by atoms with van der Waals surface area (Å²) in [6.45, 7) is 4.80. The lowest BCUT2D eigenvalue weighted by Crippen LogP contribution is -2.45. The zero-order chi connectivity index (χ0) is 45.8. The highest BCUT2D eigenvalue weighted by molar-refractivity contribution is 5.76. The molecule has 0 heterocycles. The molecule has 0 rings (SSSR count). The van der Waals surface area contributed by atoms with Gasteiger partial charge >= 0.3 is 5.97 Å². The van der Waals surface area contributed by atoms with E-state index in [2.05, 4.69) is 55.6 Å². The molecule has 0 bridgehead atoms. The molecule has 0 aromatic carbocycles. The molecule has 0 aliphatic carbocycles. The average Bonchev–Trinajstić information content (AvgIpc) is 3.28. The van der Waals surface area contributed by atoms with Gasteiger partial charge < -0.3 is 20.3 Å². The van der Waals surface area contributed by atoms with Gasteiger partial charge in [-0.15, -0.1) is 0 Å². The van der Waals surface area contributed by atoms with E-state index in [9.17, 15) is 19.8 Å². The minimum atomic E-state index is -0.847. The molecule has 0 aromatic heterocycles. The Balaban J connectivity index is 3.42. The number of aliphatic hydroxyl groups excluding tert-OH is 2. The van der Waals surface area contributed by atoms with E-state index in [0.717, 1.165) is 57.8 Å². The predicted molar refractivity (Wildman–Crippen MR) is 273 cm³/mol. The van der Waals surface area contributed by atoms with Gasteiger partial charge in [0.15, 0.2) is 0 Å². The third-order valence-corrected chi connectivity index (χ3v) is 12.3. The van der Waals surface area contributed by atoms with E-state index in [-0.39, 0.29) is 18.5 Å². The third-order valence-electron chi connectivity index (χ3n) is 12.3. The molecule has 3 N–H and O–H groups in total. The van der Waals surface area contributed by atoms with Gasteiger partial charge in [0.05, 0.1) is 25.4 Å². The van der Waals surface area contributed by atoms with Crippen LogP contribution in [0.2, 0.25) is 0 Å². The van der Waals surface area contributed by atoms with E-state index in [1.807, 2.05) is 6.08 Å². The smallest absolute Gasteiger partial charge is 0.305 e. The summed E-state index contributed by atoms with van der Waals surface area (Å²) in [7, 11) is 0. The first-order valence-electron chi connectivity index (χ1n) is 27.4. The molecule has 6 heteroatoms. The Morgan fingerprint density at radius 1 is 0.444 bits per heavy atom. The number of amides is 1. The van der Waals surface area contributed by atoms with Crippen LogP contribution in [-0.2, 0) is 14.3 Å². The summed E-state index contributed by atoms with van der Waals surface area (Å²) in [5.41, 5.74) is 0. The number of rotatable bonds is 50. The molecular weight excluding hydrogens is 779 g/mol. The second kappa shape index (κ2) is 52.4. The van der Waals surface area contributed by atoms with Crippen LogP contribution in [0.5, 0.6) is 0 Å². The van der Waals surface area contributed by atoms with Crippen molar-refractivity contribution in [3.63, 3.8) is 0 Å². The van der Waals surface area contributed by atoms with Crippen LogP contribution in [0.4, 0.5) is 0 Å². The summed E-state index contributed by atoms with van der Waals surface area (Å²) in [6, 6.07) is -0.631. The number of hydrogen-bond acceptors (Lipinski definition) is 5. The molecule has 1 amide bonds. The molecule has 368 valence electrons. The molecule has 2 unspecified atom stereocenters. The van der Waals surface area contributed by atoms with Crippen LogP contribution in [-0.4, -0.2) is 47.4 Å². The molecule has 0 saturated carbocycles. The van der Waals surface area contributed by atoms with E-state index < -0.39 is 12.1 Å². The highest BCUT2D eigenvalue weighted by Crippen LogP contribution is 2.15. The molecule has 0 aliphatic rings. The van der Waals surface area contributed by atoms with Crippen LogP contribution in [0.1, 0.15) is 277 Å². The normalized spacial score (nSPS) is 13.0. The van der Waals surface area contributed by atoms with Crippen LogP contribution in [0.25, 0.3) is 0 Å². The van der Waals surface area contributed by atoms with Crippen molar-refractivity contribution < 1.29 is 24.5 Å². The van der Waals surface area contributed by atoms with Gasteiger partial charge in [-0.1, -0.05) is 229 Å². The molecule has 0 radical (unpaired) electrons. The Kier molecular flexibility index (Phi) is 50.6. The Morgan fingerprint density at radius 3 is 1.29 bits per heavy atom. The Morgan fingerprint density at radius 2 is 0.825 bits per heavy atom. The summed E-state index contributed by atoms with van der Waals surface area (Å²) in [6.07, 6.45) is 65.6.